The second kappa shape index (κ2) is 8.25. The lowest BCUT2D eigenvalue weighted by Crippen LogP contribution is -2.41. The molecule has 1 heterocycles. The molecule has 1 aliphatic rings. The van der Waals surface area contributed by atoms with Gasteiger partial charge in [0.05, 0.1) is 5.69 Å². The minimum atomic E-state index is -0.330. The van der Waals surface area contributed by atoms with Gasteiger partial charge in [0.1, 0.15) is 11.4 Å². The van der Waals surface area contributed by atoms with Gasteiger partial charge in [-0.3, -0.25) is 0 Å². The Morgan fingerprint density at radius 3 is 2.52 bits per heavy atom. The van der Waals surface area contributed by atoms with E-state index in [1.54, 1.807) is 11.1 Å². The number of anilines is 1. The highest BCUT2D eigenvalue weighted by Crippen LogP contribution is 2.39. The first-order valence-corrected chi connectivity index (χ1v) is 8.69. The number of fused-ring (bicyclic) bond motifs is 1. The molecule has 2 rings (SSSR count). The van der Waals surface area contributed by atoms with Crippen molar-refractivity contribution in [2.24, 2.45) is 10.1 Å². The SMILES string of the molecule is C=NN1C(=C)C(N(CC)CCN(C)C)=Nc2c(F)cc(CCC)cc21. The number of rotatable bonds is 7. The average Bonchev–Trinajstić information content (AvgIpc) is 2.56. The smallest absolute Gasteiger partial charge is 0.154 e. The van der Waals surface area contributed by atoms with Crippen molar-refractivity contribution >= 4 is 23.9 Å². The fraction of sp³-hybridized carbons (Fsp3) is 0.474. The molecule has 1 aromatic rings. The topological polar surface area (TPSA) is 34.4 Å². The molecule has 5 nitrogen and oxygen atoms in total. The number of amidine groups is 1. The molecule has 0 spiro atoms. The van der Waals surface area contributed by atoms with Crippen LogP contribution in [0.1, 0.15) is 25.8 Å². The lowest BCUT2D eigenvalue weighted by atomic mass is 10.1. The zero-order valence-corrected chi connectivity index (χ0v) is 15.7. The Morgan fingerprint density at radius 2 is 1.96 bits per heavy atom. The van der Waals surface area contributed by atoms with Crippen molar-refractivity contribution in [2.75, 3.05) is 38.7 Å². The quantitative estimate of drug-likeness (QED) is 0.708. The molecule has 0 N–H and O–H groups in total. The monoisotopic (exact) mass is 345 g/mol. The Hall–Kier alpha value is -2.21. The summed E-state index contributed by atoms with van der Waals surface area (Å²) in [5.41, 5.74) is 2.46. The summed E-state index contributed by atoms with van der Waals surface area (Å²) >= 11 is 0. The largest absolute Gasteiger partial charge is 0.354 e. The molecule has 0 saturated heterocycles. The summed E-state index contributed by atoms with van der Waals surface area (Å²) in [7, 11) is 4.04. The molecule has 0 aromatic heterocycles. The van der Waals surface area contributed by atoms with Crippen molar-refractivity contribution < 1.29 is 4.39 Å². The van der Waals surface area contributed by atoms with Crippen LogP contribution in [0, 0.1) is 5.82 Å². The van der Waals surface area contributed by atoms with Crippen LogP contribution in [0.5, 0.6) is 0 Å². The number of hydrogen-bond acceptors (Lipinski definition) is 5. The van der Waals surface area contributed by atoms with Gasteiger partial charge >= 0.3 is 0 Å². The molecule has 1 aliphatic heterocycles. The maximum absolute atomic E-state index is 14.7. The minimum Gasteiger partial charge on any atom is -0.354 e. The summed E-state index contributed by atoms with van der Waals surface area (Å²) in [6.45, 7) is 14.3. The summed E-state index contributed by atoms with van der Waals surface area (Å²) in [6.07, 6.45) is 1.76. The van der Waals surface area contributed by atoms with Crippen LogP contribution >= 0.6 is 0 Å². The molecule has 0 amide bonds. The van der Waals surface area contributed by atoms with Crippen LogP contribution in [0.2, 0.25) is 0 Å². The van der Waals surface area contributed by atoms with Gasteiger partial charge in [-0.1, -0.05) is 19.9 Å². The fourth-order valence-electron chi connectivity index (χ4n) is 2.90. The van der Waals surface area contributed by atoms with Gasteiger partial charge in [-0.25, -0.2) is 14.4 Å². The molecule has 0 saturated carbocycles. The Morgan fingerprint density at radius 1 is 1.24 bits per heavy atom. The van der Waals surface area contributed by atoms with Gasteiger partial charge < -0.3 is 9.80 Å². The zero-order valence-electron chi connectivity index (χ0n) is 15.7. The van der Waals surface area contributed by atoms with Crippen LogP contribution < -0.4 is 5.01 Å². The van der Waals surface area contributed by atoms with E-state index in [1.807, 2.05) is 27.1 Å². The molecule has 0 unspecified atom stereocenters. The van der Waals surface area contributed by atoms with Gasteiger partial charge in [0.25, 0.3) is 0 Å². The number of halogens is 1. The average molecular weight is 345 g/mol. The lowest BCUT2D eigenvalue weighted by molar-refractivity contribution is 0.337. The maximum atomic E-state index is 14.7. The second-order valence-electron chi connectivity index (χ2n) is 6.41. The van der Waals surface area contributed by atoms with Crippen molar-refractivity contribution in [2.45, 2.75) is 26.7 Å². The molecule has 6 heteroatoms. The van der Waals surface area contributed by atoms with Crippen LogP contribution in [0.15, 0.2) is 34.5 Å². The molecule has 136 valence electrons. The van der Waals surface area contributed by atoms with E-state index in [0.29, 0.717) is 22.9 Å². The highest BCUT2D eigenvalue weighted by Gasteiger charge is 2.28. The molecule has 25 heavy (non-hydrogen) atoms. The number of aliphatic imine (C=N–C) groups is 1. The summed E-state index contributed by atoms with van der Waals surface area (Å²) in [5, 5.41) is 5.67. The van der Waals surface area contributed by atoms with Gasteiger partial charge in [-0.05, 0) is 45.1 Å². The lowest BCUT2D eigenvalue weighted by Gasteiger charge is -2.34. The van der Waals surface area contributed by atoms with Gasteiger partial charge in [0, 0.05) is 26.4 Å². The van der Waals surface area contributed by atoms with Crippen molar-refractivity contribution in [1.82, 2.24) is 9.80 Å². The summed E-state index contributed by atoms with van der Waals surface area (Å²) in [6, 6.07) is 3.49. The molecule has 0 radical (unpaired) electrons. The van der Waals surface area contributed by atoms with E-state index in [2.05, 4.69) is 40.1 Å². The third-order valence-corrected chi connectivity index (χ3v) is 4.24. The maximum Gasteiger partial charge on any atom is 0.154 e. The first-order valence-electron chi connectivity index (χ1n) is 8.69. The third-order valence-electron chi connectivity index (χ3n) is 4.24. The van der Waals surface area contributed by atoms with Crippen LogP contribution in [0.4, 0.5) is 15.8 Å². The molecule has 0 aliphatic carbocycles. The van der Waals surface area contributed by atoms with Crippen molar-refractivity contribution in [3.8, 4) is 0 Å². The van der Waals surface area contributed by atoms with Gasteiger partial charge in [0.15, 0.2) is 11.7 Å². The fourth-order valence-corrected chi connectivity index (χ4v) is 2.90. The van der Waals surface area contributed by atoms with Crippen LogP contribution in [0.3, 0.4) is 0 Å². The highest BCUT2D eigenvalue weighted by molar-refractivity contribution is 6.06. The molecular formula is C19H28FN5. The predicted octanol–water partition coefficient (Wildman–Crippen LogP) is 3.64. The van der Waals surface area contributed by atoms with E-state index >= 15 is 0 Å². The molecular weight excluding hydrogens is 317 g/mol. The number of aryl methyl sites for hydroxylation is 1. The normalized spacial score (nSPS) is 13.8. The van der Waals surface area contributed by atoms with Crippen molar-refractivity contribution in [1.29, 1.82) is 0 Å². The molecule has 0 atom stereocenters. The van der Waals surface area contributed by atoms with Crippen molar-refractivity contribution in [3.63, 3.8) is 0 Å². The van der Waals surface area contributed by atoms with Crippen LogP contribution in [-0.2, 0) is 6.42 Å². The first kappa shape index (κ1) is 19.1. The number of hydrazone groups is 1. The third kappa shape index (κ3) is 4.07. The number of benzene rings is 1. The predicted molar refractivity (Wildman–Crippen MR) is 104 cm³/mol. The van der Waals surface area contributed by atoms with Crippen LogP contribution in [0.25, 0.3) is 0 Å². The van der Waals surface area contributed by atoms with Gasteiger partial charge in [-0.15, -0.1) is 0 Å². The van der Waals surface area contributed by atoms with E-state index in [9.17, 15) is 4.39 Å². The van der Waals surface area contributed by atoms with Gasteiger partial charge in [-0.2, -0.15) is 5.10 Å². The van der Waals surface area contributed by atoms with Crippen LogP contribution in [-0.4, -0.2) is 56.1 Å². The van der Waals surface area contributed by atoms with Crippen molar-refractivity contribution in [3.05, 3.63) is 35.8 Å². The van der Waals surface area contributed by atoms with E-state index in [4.69, 9.17) is 0 Å². The Kier molecular flexibility index (Phi) is 6.31. The van der Waals surface area contributed by atoms with E-state index < -0.39 is 0 Å². The Balaban J connectivity index is 2.49. The minimum absolute atomic E-state index is 0.304. The number of hydrogen-bond donors (Lipinski definition) is 0. The van der Waals surface area contributed by atoms with E-state index in [0.717, 1.165) is 38.0 Å². The summed E-state index contributed by atoms with van der Waals surface area (Å²) < 4.78 is 14.7. The Bertz CT molecular complexity index is 681. The highest BCUT2D eigenvalue weighted by atomic mass is 19.1. The van der Waals surface area contributed by atoms with Gasteiger partial charge in [0.2, 0.25) is 0 Å². The first-order chi connectivity index (χ1) is 11.9. The van der Waals surface area contributed by atoms with E-state index in [1.165, 1.54) is 0 Å². The summed E-state index contributed by atoms with van der Waals surface area (Å²) in [4.78, 5) is 8.78. The zero-order chi connectivity index (χ0) is 18.6. The number of likely N-dealkylation sites (N-methyl/N-ethyl adjacent to an activating group) is 2. The summed E-state index contributed by atoms with van der Waals surface area (Å²) in [5.74, 6) is 0.314. The number of nitrogens with zero attached hydrogens (tertiary/aromatic N) is 5. The Labute approximate surface area is 150 Å². The second-order valence-corrected chi connectivity index (χ2v) is 6.41. The van der Waals surface area contributed by atoms with E-state index in [-0.39, 0.29) is 5.82 Å². The standard InChI is InChI=1S/C19H28FN5/c1-7-9-15-12-16(20)18-17(13-15)25(21-4)14(3)19(22-18)24(8-2)11-10-23(5)6/h12-13H,3-4,7-11H2,1-2,5-6H3. The molecule has 0 fully saturated rings. The molecule has 1 aromatic carbocycles. The molecule has 0 bridgehead atoms.